The molecule has 74 valence electrons. The Morgan fingerprint density at radius 1 is 1.38 bits per heavy atom. The van der Waals surface area contributed by atoms with Crippen LogP contribution in [-0.2, 0) is 13.0 Å². The summed E-state index contributed by atoms with van der Waals surface area (Å²) < 4.78 is 1.36. The molecule has 2 nitrogen and oxygen atoms in total. The summed E-state index contributed by atoms with van der Waals surface area (Å²) in [5.41, 5.74) is 1.35. The molecule has 0 radical (unpaired) electrons. The molecule has 13 heavy (non-hydrogen) atoms. The molecule has 1 aromatic rings. The molecule has 1 aliphatic rings. The average molecular weight is 216 g/mol. The highest BCUT2D eigenvalue weighted by molar-refractivity contribution is 8.33. The fourth-order valence-corrected chi connectivity index (χ4v) is 3.86. The fourth-order valence-electron chi connectivity index (χ4n) is 1.36. The molecule has 0 aliphatic carbocycles. The molecule has 1 aliphatic heterocycles. The van der Waals surface area contributed by atoms with E-state index < -0.39 is 10.0 Å². The average Bonchev–Trinajstić information content (AvgIpc) is 2.45. The van der Waals surface area contributed by atoms with E-state index in [1.54, 1.807) is 0 Å². The van der Waals surface area contributed by atoms with Crippen LogP contribution < -0.4 is 5.32 Å². The topological polar surface area (TPSA) is 24.9 Å². The Morgan fingerprint density at radius 3 is 2.77 bits per heavy atom. The van der Waals surface area contributed by atoms with Crippen molar-refractivity contribution in [2.75, 3.05) is 25.3 Å². The minimum absolute atomic E-state index is 0.617. The van der Waals surface area contributed by atoms with Crippen LogP contribution in [0.2, 0.25) is 0 Å². The van der Waals surface area contributed by atoms with Gasteiger partial charge in [-0.2, -0.15) is 10.0 Å². The molecule has 1 N–H and O–H groups in total. The van der Waals surface area contributed by atoms with Crippen molar-refractivity contribution in [2.45, 2.75) is 17.3 Å². The molecule has 0 bridgehead atoms. The van der Waals surface area contributed by atoms with E-state index in [2.05, 4.69) is 24.1 Å². The van der Waals surface area contributed by atoms with Gasteiger partial charge in [0.05, 0.1) is 5.69 Å². The number of nitrogens with zero attached hydrogens (tertiary/aromatic N) is 1. The number of aromatic nitrogens is 1. The zero-order valence-corrected chi connectivity index (χ0v) is 10.0. The first kappa shape index (κ1) is 9.49. The molecule has 4 heteroatoms. The first-order valence-electron chi connectivity index (χ1n) is 4.45. The number of rotatable bonds is 1. The van der Waals surface area contributed by atoms with Gasteiger partial charge < -0.3 is 5.32 Å². The van der Waals surface area contributed by atoms with E-state index in [1.807, 2.05) is 11.3 Å². The van der Waals surface area contributed by atoms with Crippen LogP contribution in [-0.4, -0.2) is 30.3 Å². The summed E-state index contributed by atoms with van der Waals surface area (Å²) in [6.07, 6.45) is 8.04. The first-order chi connectivity index (χ1) is 6.07. The summed E-state index contributed by atoms with van der Waals surface area (Å²) >= 11 is 1.91. The molecular weight excluding hydrogens is 200 g/mol. The number of nitrogens with one attached hydrogen (secondary N) is 1. The third-order valence-electron chi connectivity index (χ3n) is 2.11. The van der Waals surface area contributed by atoms with E-state index in [9.17, 15) is 0 Å². The molecule has 1 aromatic heterocycles. The summed E-state index contributed by atoms with van der Waals surface area (Å²) in [7, 11) is -0.617. The van der Waals surface area contributed by atoms with Crippen LogP contribution in [0.1, 0.15) is 10.6 Å². The van der Waals surface area contributed by atoms with Gasteiger partial charge in [0.2, 0.25) is 0 Å². The zero-order valence-electron chi connectivity index (χ0n) is 8.39. The minimum atomic E-state index is -0.617. The summed E-state index contributed by atoms with van der Waals surface area (Å²) in [6, 6.07) is 0. The molecule has 0 spiro atoms. The number of thiazole rings is 1. The van der Waals surface area contributed by atoms with Crippen molar-refractivity contribution in [3.63, 3.8) is 0 Å². The molecule has 0 saturated heterocycles. The van der Waals surface area contributed by atoms with Gasteiger partial charge in [0, 0.05) is 24.4 Å². The summed E-state index contributed by atoms with van der Waals surface area (Å²) in [6.45, 7) is 2.12. The van der Waals surface area contributed by atoms with Gasteiger partial charge in [-0.25, -0.2) is 4.98 Å². The normalized spacial score (nSPS) is 18.4. The third-order valence-corrected chi connectivity index (χ3v) is 5.89. The monoisotopic (exact) mass is 216 g/mol. The Balaban J connectivity index is 2.36. The van der Waals surface area contributed by atoms with E-state index in [1.165, 1.54) is 14.9 Å². The molecule has 0 atom stereocenters. The second-order valence-corrected chi connectivity index (χ2v) is 9.52. The van der Waals surface area contributed by atoms with Gasteiger partial charge in [0.25, 0.3) is 0 Å². The zero-order chi connectivity index (χ0) is 9.47. The predicted molar refractivity (Wildman–Crippen MR) is 61.2 cm³/mol. The molecule has 2 heterocycles. The van der Waals surface area contributed by atoms with Crippen molar-refractivity contribution in [2.24, 2.45) is 0 Å². The van der Waals surface area contributed by atoms with Gasteiger partial charge in [-0.15, -0.1) is 11.3 Å². The molecule has 0 fully saturated rings. The molecule has 0 amide bonds. The summed E-state index contributed by atoms with van der Waals surface area (Å²) in [4.78, 5) is 6.20. The van der Waals surface area contributed by atoms with Crippen LogP contribution in [0.25, 0.3) is 0 Å². The molecule has 0 aromatic carbocycles. The lowest BCUT2D eigenvalue weighted by Gasteiger charge is -2.20. The van der Waals surface area contributed by atoms with Crippen LogP contribution in [0.3, 0.4) is 0 Å². The quantitative estimate of drug-likeness (QED) is 0.775. The van der Waals surface area contributed by atoms with Crippen LogP contribution in [0, 0.1) is 0 Å². The van der Waals surface area contributed by atoms with Crippen LogP contribution >= 0.6 is 21.4 Å². The van der Waals surface area contributed by atoms with Crippen LogP contribution in [0.5, 0.6) is 0 Å². The second kappa shape index (κ2) is 3.26. The van der Waals surface area contributed by atoms with Crippen molar-refractivity contribution in [1.82, 2.24) is 10.3 Å². The van der Waals surface area contributed by atoms with Gasteiger partial charge >= 0.3 is 0 Å². The maximum atomic E-state index is 4.74. The highest BCUT2D eigenvalue weighted by atomic mass is 32.3. The Morgan fingerprint density at radius 2 is 2.15 bits per heavy atom. The Bertz CT molecular complexity index is 288. The van der Waals surface area contributed by atoms with Crippen LogP contribution in [0.4, 0.5) is 0 Å². The van der Waals surface area contributed by atoms with Gasteiger partial charge in [-0.1, -0.05) is 0 Å². The van der Waals surface area contributed by atoms with Crippen molar-refractivity contribution in [3.8, 4) is 0 Å². The number of hydrogen-bond donors (Lipinski definition) is 1. The minimum Gasteiger partial charge on any atom is -0.311 e. The van der Waals surface area contributed by atoms with Gasteiger partial charge in [0.15, 0.2) is 0 Å². The lowest BCUT2D eigenvalue weighted by molar-refractivity contribution is 0.642. The highest BCUT2D eigenvalue weighted by Crippen LogP contribution is 2.48. The summed E-state index contributed by atoms with van der Waals surface area (Å²) in [5, 5.41) is 3.39. The Labute approximate surface area is 85.1 Å². The molecule has 0 unspecified atom stereocenters. The smallest absolute Gasteiger partial charge is 0.132 e. The van der Waals surface area contributed by atoms with Crippen molar-refractivity contribution in [3.05, 3.63) is 10.6 Å². The maximum Gasteiger partial charge on any atom is 0.132 e. The van der Waals surface area contributed by atoms with Crippen molar-refractivity contribution < 1.29 is 0 Å². The third kappa shape index (κ3) is 1.90. The maximum absolute atomic E-state index is 4.74. The van der Waals surface area contributed by atoms with Crippen molar-refractivity contribution in [1.29, 1.82) is 0 Å². The molecule has 2 rings (SSSR count). The second-order valence-electron chi connectivity index (χ2n) is 4.11. The first-order valence-corrected chi connectivity index (χ1v) is 8.12. The standard InChI is InChI=1S/C9H16N2S2/c1-13(2,3)9-11-7-4-5-10-6-8(7)12-9/h10H,4-6H2,1-3H3. The Kier molecular flexibility index (Phi) is 2.38. The highest BCUT2D eigenvalue weighted by Gasteiger charge is 2.19. The largest absolute Gasteiger partial charge is 0.311 e. The molecular formula is C9H16N2S2. The number of fused-ring (bicyclic) bond motifs is 1. The number of hydrogen-bond acceptors (Lipinski definition) is 3. The van der Waals surface area contributed by atoms with E-state index in [4.69, 9.17) is 4.98 Å². The SMILES string of the molecule is CS(C)(C)c1nc2c(s1)CNCC2. The lowest BCUT2D eigenvalue weighted by Crippen LogP contribution is -2.22. The van der Waals surface area contributed by atoms with E-state index in [0.717, 1.165) is 19.5 Å². The van der Waals surface area contributed by atoms with E-state index in [-0.39, 0.29) is 0 Å². The predicted octanol–water partition coefficient (Wildman–Crippen LogP) is 1.84. The van der Waals surface area contributed by atoms with E-state index >= 15 is 0 Å². The van der Waals surface area contributed by atoms with Gasteiger partial charge in [0.1, 0.15) is 4.34 Å². The van der Waals surface area contributed by atoms with Crippen LogP contribution in [0.15, 0.2) is 4.34 Å². The van der Waals surface area contributed by atoms with Gasteiger partial charge in [-0.05, 0) is 18.8 Å². The fraction of sp³-hybridized carbons (Fsp3) is 0.667. The summed E-state index contributed by atoms with van der Waals surface area (Å²) in [5.74, 6) is 0. The van der Waals surface area contributed by atoms with E-state index in [0.29, 0.717) is 0 Å². The van der Waals surface area contributed by atoms with Crippen molar-refractivity contribution >= 4 is 21.4 Å². The Hall–Kier alpha value is -0.0600. The van der Waals surface area contributed by atoms with Gasteiger partial charge in [-0.3, -0.25) is 0 Å². The lowest BCUT2D eigenvalue weighted by atomic mass is 10.2. The molecule has 0 saturated carbocycles.